The minimum atomic E-state index is -5.62. The van der Waals surface area contributed by atoms with Crippen LogP contribution >= 0.6 is 0 Å². The molecule has 5 nitrogen and oxygen atoms in total. The van der Waals surface area contributed by atoms with Gasteiger partial charge in [0, 0.05) is 6.07 Å². The van der Waals surface area contributed by atoms with Crippen molar-refractivity contribution in [3.8, 4) is 5.75 Å². The van der Waals surface area contributed by atoms with Gasteiger partial charge in [-0.3, -0.25) is 10.1 Å². The van der Waals surface area contributed by atoms with Crippen molar-refractivity contribution in [3.05, 3.63) is 27.6 Å². The lowest BCUT2D eigenvalue weighted by Crippen LogP contribution is -2.20. The molecule has 13 heteroatoms. The van der Waals surface area contributed by atoms with Gasteiger partial charge in [-0.2, -0.15) is 13.2 Å². The minimum Gasteiger partial charge on any atom is -0.398 e. The first-order valence-electron chi connectivity index (χ1n) is 4.63. The first-order chi connectivity index (χ1) is 9.33. The molecule has 1 heterocycles. The van der Waals surface area contributed by atoms with Gasteiger partial charge in [0.1, 0.15) is 5.69 Å². The fraction of sp³-hybridized carbons (Fsp3) is 0.375. The van der Waals surface area contributed by atoms with Crippen LogP contribution in [0.5, 0.6) is 5.75 Å². The molecular formula is C8H2F8N2O3. The summed E-state index contributed by atoms with van der Waals surface area (Å²) in [5, 5.41) is 10.5. The van der Waals surface area contributed by atoms with E-state index in [1.165, 1.54) is 0 Å². The summed E-state index contributed by atoms with van der Waals surface area (Å²) in [5.41, 5.74) is -6.24. The Hall–Kier alpha value is -2.21. The van der Waals surface area contributed by atoms with E-state index in [1.54, 1.807) is 0 Å². The molecule has 0 aliphatic carbocycles. The van der Waals surface area contributed by atoms with E-state index in [0.717, 1.165) is 0 Å². The van der Waals surface area contributed by atoms with Gasteiger partial charge in [-0.15, -0.1) is 13.2 Å². The number of alkyl halides is 8. The normalized spacial score (nSPS) is 12.6. The molecule has 1 aromatic rings. The first-order valence-corrected chi connectivity index (χ1v) is 4.63. The molecule has 0 saturated carbocycles. The molecule has 21 heavy (non-hydrogen) atoms. The fourth-order valence-corrected chi connectivity index (χ4v) is 1.22. The lowest BCUT2D eigenvalue weighted by Gasteiger charge is -2.13. The molecule has 0 N–H and O–H groups in total. The van der Waals surface area contributed by atoms with Crippen LogP contribution in [0, 0.1) is 10.1 Å². The summed E-state index contributed by atoms with van der Waals surface area (Å²) >= 11 is 0. The molecule has 0 spiro atoms. The zero-order valence-corrected chi connectivity index (χ0v) is 9.30. The van der Waals surface area contributed by atoms with Gasteiger partial charge >= 0.3 is 18.2 Å². The molecule has 0 amide bonds. The van der Waals surface area contributed by atoms with E-state index in [2.05, 4.69) is 9.72 Å². The second kappa shape index (κ2) is 5.29. The molecule has 0 radical (unpaired) electrons. The lowest BCUT2D eigenvalue weighted by atomic mass is 10.2. The van der Waals surface area contributed by atoms with Crippen LogP contribution in [0.1, 0.15) is 17.8 Å². The molecule has 0 fully saturated rings. The van der Waals surface area contributed by atoms with Crippen LogP contribution < -0.4 is 4.74 Å². The molecule has 118 valence electrons. The maximum Gasteiger partial charge on any atom is 0.573 e. The fourth-order valence-electron chi connectivity index (χ4n) is 1.22. The lowest BCUT2D eigenvalue weighted by molar-refractivity contribution is -0.390. The van der Waals surface area contributed by atoms with Gasteiger partial charge in [-0.1, -0.05) is 0 Å². The van der Waals surface area contributed by atoms with E-state index in [9.17, 15) is 45.2 Å². The number of pyridine rings is 1. The van der Waals surface area contributed by atoms with Crippen molar-refractivity contribution in [2.45, 2.75) is 19.0 Å². The Balaban J connectivity index is 3.63. The average Bonchev–Trinajstić information content (AvgIpc) is 2.23. The Bertz CT molecular complexity index is 554. The third kappa shape index (κ3) is 4.13. The van der Waals surface area contributed by atoms with Gasteiger partial charge in [-0.25, -0.2) is 13.8 Å². The molecule has 1 rings (SSSR count). The van der Waals surface area contributed by atoms with Gasteiger partial charge in [0.2, 0.25) is 5.75 Å². The highest BCUT2D eigenvalue weighted by molar-refractivity contribution is 5.52. The average molecular weight is 326 g/mol. The number of ether oxygens (including phenoxy) is 1. The molecule has 0 saturated heterocycles. The van der Waals surface area contributed by atoms with Crippen LogP contribution in [0.15, 0.2) is 6.07 Å². The van der Waals surface area contributed by atoms with Crippen molar-refractivity contribution >= 4 is 5.69 Å². The van der Waals surface area contributed by atoms with E-state index < -0.39 is 52.8 Å². The van der Waals surface area contributed by atoms with Crippen molar-refractivity contribution in [2.24, 2.45) is 0 Å². The number of hydrogen-bond acceptors (Lipinski definition) is 4. The van der Waals surface area contributed by atoms with Crippen LogP contribution in [-0.2, 0) is 6.18 Å². The monoisotopic (exact) mass is 326 g/mol. The highest BCUT2D eigenvalue weighted by Crippen LogP contribution is 2.41. The number of nitrogens with zero attached hydrogens (tertiary/aromatic N) is 2. The summed E-state index contributed by atoms with van der Waals surface area (Å²) in [6, 6.07) is -0.475. The second-order valence-electron chi connectivity index (χ2n) is 3.34. The van der Waals surface area contributed by atoms with Gasteiger partial charge in [0.25, 0.3) is 6.43 Å². The van der Waals surface area contributed by atoms with Gasteiger partial charge in [0.15, 0.2) is 5.69 Å². The third-order valence-electron chi connectivity index (χ3n) is 1.89. The number of hydrogen-bond donors (Lipinski definition) is 0. The van der Waals surface area contributed by atoms with Crippen LogP contribution in [-0.4, -0.2) is 16.3 Å². The van der Waals surface area contributed by atoms with E-state index in [4.69, 9.17) is 0 Å². The van der Waals surface area contributed by atoms with Crippen LogP contribution in [0.4, 0.5) is 40.8 Å². The molecule has 0 aliphatic heterocycles. The zero-order valence-electron chi connectivity index (χ0n) is 9.30. The highest BCUT2D eigenvalue weighted by Gasteiger charge is 2.42. The summed E-state index contributed by atoms with van der Waals surface area (Å²) in [6.07, 6.45) is -14.9. The van der Waals surface area contributed by atoms with Crippen LogP contribution in [0.25, 0.3) is 0 Å². The van der Waals surface area contributed by atoms with Crippen molar-refractivity contribution in [1.29, 1.82) is 0 Å². The highest BCUT2D eigenvalue weighted by atomic mass is 19.4. The molecule has 0 unspecified atom stereocenters. The zero-order chi connectivity index (χ0) is 16.6. The molecule has 1 aromatic heterocycles. The van der Waals surface area contributed by atoms with Gasteiger partial charge in [0.05, 0.1) is 4.92 Å². The maximum atomic E-state index is 12.5. The minimum absolute atomic E-state index is 0.475. The topological polar surface area (TPSA) is 65.3 Å². The SMILES string of the molecule is O=[N+]([O-])c1c(OC(F)(F)F)cc(C(F)(F)F)nc1C(F)F. The number of nitro groups is 1. The Kier molecular flexibility index (Phi) is 4.24. The molecular weight excluding hydrogens is 324 g/mol. The van der Waals surface area contributed by atoms with Gasteiger partial charge in [-0.05, 0) is 0 Å². The second-order valence-corrected chi connectivity index (χ2v) is 3.34. The van der Waals surface area contributed by atoms with Crippen LogP contribution in [0.2, 0.25) is 0 Å². The molecule has 0 bridgehead atoms. The van der Waals surface area contributed by atoms with E-state index in [0.29, 0.717) is 0 Å². The van der Waals surface area contributed by atoms with E-state index >= 15 is 0 Å². The maximum absolute atomic E-state index is 12.5. The molecule has 0 aromatic carbocycles. The third-order valence-corrected chi connectivity index (χ3v) is 1.89. The Morgan fingerprint density at radius 1 is 1.19 bits per heavy atom. The predicted octanol–water partition coefficient (Wildman–Crippen LogP) is 3.84. The van der Waals surface area contributed by atoms with Crippen molar-refractivity contribution < 1.29 is 44.8 Å². The predicted molar refractivity (Wildman–Crippen MR) is 47.5 cm³/mol. The number of aromatic nitrogens is 1. The Morgan fingerprint density at radius 3 is 2.05 bits per heavy atom. The smallest absolute Gasteiger partial charge is 0.398 e. The van der Waals surface area contributed by atoms with Crippen LogP contribution in [0.3, 0.4) is 0 Å². The number of halogens is 8. The molecule has 0 atom stereocenters. The first kappa shape index (κ1) is 16.8. The summed E-state index contributed by atoms with van der Waals surface area (Å²) < 4.78 is 101. The summed E-state index contributed by atoms with van der Waals surface area (Å²) in [5.74, 6) is -2.02. The van der Waals surface area contributed by atoms with Crippen molar-refractivity contribution in [3.63, 3.8) is 0 Å². The Labute approximate surface area is 109 Å². The van der Waals surface area contributed by atoms with Crippen molar-refractivity contribution in [2.75, 3.05) is 0 Å². The standard InChI is InChI=1S/C8H2F8N2O3/c9-6(10)4-5(18(19)20)2(21-8(14,15)16)1-3(17-4)7(11,12)13/h1,6H. The van der Waals surface area contributed by atoms with Gasteiger partial charge < -0.3 is 4.74 Å². The van der Waals surface area contributed by atoms with E-state index in [1.807, 2.05) is 0 Å². The quantitative estimate of drug-likeness (QED) is 0.481. The summed E-state index contributed by atoms with van der Waals surface area (Å²) in [6.45, 7) is 0. The largest absolute Gasteiger partial charge is 0.573 e. The van der Waals surface area contributed by atoms with Crippen molar-refractivity contribution in [1.82, 2.24) is 4.98 Å². The Morgan fingerprint density at radius 2 is 1.71 bits per heavy atom. The molecule has 0 aliphatic rings. The number of rotatable bonds is 3. The summed E-state index contributed by atoms with van der Waals surface area (Å²) in [7, 11) is 0. The van der Waals surface area contributed by atoms with E-state index in [-0.39, 0.29) is 0 Å². The summed E-state index contributed by atoms with van der Waals surface area (Å²) in [4.78, 5) is 11.0.